The second-order valence-electron chi connectivity index (χ2n) is 4.85. The molecule has 6 heteroatoms. The third-order valence-corrected chi connectivity index (χ3v) is 4.30. The molecule has 1 aliphatic heterocycles. The molecule has 1 N–H and O–H groups in total. The summed E-state index contributed by atoms with van der Waals surface area (Å²) >= 11 is 1.45. The average Bonchev–Trinajstić information content (AvgIpc) is 3.07. The fourth-order valence-electron chi connectivity index (χ4n) is 2.33. The molecule has 0 amide bonds. The number of fused-ring (bicyclic) bond motifs is 1. The Morgan fingerprint density at radius 2 is 2.33 bits per heavy atom. The van der Waals surface area contributed by atoms with Crippen molar-refractivity contribution in [2.24, 2.45) is 0 Å². The molecule has 1 aromatic carbocycles. The van der Waals surface area contributed by atoms with Gasteiger partial charge in [-0.1, -0.05) is 18.2 Å². The predicted octanol–water partition coefficient (Wildman–Crippen LogP) is 2.65. The maximum Gasteiger partial charge on any atom is 0.357 e. The lowest BCUT2D eigenvalue weighted by Gasteiger charge is -2.10. The van der Waals surface area contributed by atoms with E-state index in [0.717, 1.165) is 17.0 Å². The monoisotopic (exact) mass is 304 g/mol. The molecular formula is C15H16N2O3S. The number of nitrogens with zero attached hydrogens (tertiary/aromatic N) is 1. The number of esters is 1. The van der Waals surface area contributed by atoms with E-state index < -0.39 is 5.97 Å². The van der Waals surface area contributed by atoms with Gasteiger partial charge in [0.25, 0.3) is 0 Å². The molecule has 0 spiro atoms. The van der Waals surface area contributed by atoms with Crippen molar-refractivity contribution in [2.75, 3.05) is 19.0 Å². The molecule has 110 valence electrons. The highest BCUT2D eigenvalue weighted by atomic mass is 32.1. The van der Waals surface area contributed by atoms with E-state index in [-0.39, 0.29) is 6.10 Å². The maximum atomic E-state index is 11.5. The van der Waals surface area contributed by atoms with Gasteiger partial charge in [0.1, 0.15) is 11.9 Å². The van der Waals surface area contributed by atoms with E-state index in [1.807, 2.05) is 25.1 Å². The van der Waals surface area contributed by atoms with Gasteiger partial charge in [-0.15, -0.1) is 11.3 Å². The third kappa shape index (κ3) is 2.85. The second kappa shape index (κ2) is 5.73. The molecule has 21 heavy (non-hydrogen) atoms. The highest BCUT2D eigenvalue weighted by Gasteiger charge is 2.23. The minimum Gasteiger partial charge on any atom is -0.488 e. The van der Waals surface area contributed by atoms with Crippen LogP contribution in [0.3, 0.4) is 0 Å². The molecule has 2 heterocycles. The Morgan fingerprint density at radius 3 is 3.10 bits per heavy atom. The van der Waals surface area contributed by atoms with E-state index in [4.69, 9.17) is 9.47 Å². The summed E-state index contributed by atoms with van der Waals surface area (Å²) in [5.41, 5.74) is 1.61. The number of aryl methyl sites for hydroxylation is 1. The van der Waals surface area contributed by atoms with Crippen molar-refractivity contribution in [1.82, 2.24) is 4.98 Å². The van der Waals surface area contributed by atoms with Gasteiger partial charge in [-0.2, -0.15) is 0 Å². The molecule has 1 aromatic heterocycles. The quantitative estimate of drug-likeness (QED) is 0.880. The minimum atomic E-state index is -0.402. The first-order valence-corrected chi connectivity index (χ1v) is 7.53. The number of para-hydroxylation sites is 1. The Morgan fingerprint density at radius 1 is 1.52 bits per heavy atom. The van der Waals surface area contributed by atoms with Gasteiger partial charge in [-0.05, 0) is 18.6 Å². The standard InChI is InChI=1S/C15H16N2O3S/c1-9-13(14(18)19-2)17-15(21-9)16-8-11-7-10-5-3-4-6-12(10)20-11/h3-6,11H,7-8H2,1-2H3,(H,16,17). The summed E-state index contributed by atoms with van der Waals surface area (Å²) in [5, 5.41) is 3.95. The van der Waals surface area contributed by atoms with Gasteiger partial charge >= 0.3 is 5.97 Å². The summed E-state index contributed by atoms with van der Waals surface area (Å²) in [7, 11) is 1.36. The largest absolute Gasteiger partial charge is 0.488 e. The highest BCUT2D eigenvalue weighted by molar-refractivity contribution is 7.15. The molecule has 1 atom stereocenters. The summed E-state index contributed by atoms with van der Waals surface area (Å²) in [6.45, 7) is 2.51. The summed E-state index contributed by atoms with van der Waals surface area (Å²) in [6, 6.07) is 8.06. The lowest BCUT2D eigenvalue weighted by molar-refractivity contribution is 0.0594. The zero-order valence-corrected chi connectivity index (χ0v) is 12.7. The van der Waals surface area contributed by atoms with Crippen molar-refractivity contribution in [3.63, 3.8) is 0 Å². The fraction of sp³-hybridized carbons (Fsp3) is 0.333. The van der Waals surface area contributed by atoms with E-state index in [1.165, 1.54) is 24.0 Å². The van der Waals surface area contributed by atoms with Crippen LogP contribution in [0, 0.1) is 6.92 Å². The Hall–Kier alpha value is -2.08. The lowest BCUT2D eigenvalue weighted by atomic mass is 10.1. The van der Waals surface area contributed by atoms with Crippen LogP contribution < -0.4 is 10.1 Å². The summed E-state index contributed by atoms with van der Waals surface area (Å²) in [5.74, 6) is 0.552. The van der Waals surface area contributed by atoms with Crippen molar-refractivity contribution in [3.05, 3.63) is 40.4 Å². The average molecular weight is 304 g/mol. The van der Waals surface area contributed by atoms with Gasteiger partial charge < -0.3 is 14.8 Å². The predicted molar refractivity (Wildman–Crippen MR) is 81.2 cm³/mol. The summed E-state index contributed by atoms with van der Waals surface area (Å²) < 4.78 is 10.6. The Balaban J connectivity index is 1.61. The summed E-state index contributed by atoms with van der Waals surface area (Å²) in [6.07, 6.45) is 0.977. The number of hydrogen-bond donors (Lipinski definition) is 1. The number of aromatic nitrogens is 1. The highest BCUT2D eigenvalue weighted by Crippen LogP contribution is 2.29. The topological polar surface area (TPSA) is 60.5 Å². The number of carbonyl (C=O) groups excluding carboxylic acids is 1. The smallest absolute Gasteiger partial charge is 0.357 e. The first-order valence-electron chi connectivity index (χ1n) is 6.71. The normalized spacial score (nSPS) is 16.2. The molecule has 1 aliphatic rings. The van der Waals surface area contributed by atoms with Crippen LogP contribution in [-0.2, 0) is 11.2 Å². The molecule has 0 saturated carbocycles. The lowest BCUT2D eigenvalue weighted by Crippen LogP contribution is -2.23. The number of rotatable bonds is 4. The van der Waals surface area contributed by atoms with Crippen LogP contribution in [0.4, 0.5) is 5.13 Å². The van der Waals surface area contributed by atoms with Gasteiger partial charge in [0.05, 0.1) is 13.7 Å². The number of carbonyl (C=O) groups is 1. The molecule has 0 saturated heterocycles. The minimum absolute atomic E-state index is 0.0909. The third-order valence-electron chi connectivity index (χ3n) is 3.37. The summed E-state index contributed by atoms with van der Waals surface area (Å²) in [4.78, 5) is 16.6. The van der Waals surface area contributed by atoms with Gasteiger partial charge in [0.2, 0.25) is 0 Å². The first-order chi connectivity index (χ1) is 10.2. The zero-order chi connectivity index (χ0) is 14.8. The molecule has 1 unspecified atom stereocenters. The van der Waals surface area contributed by atoms with E-state index >= 15 is 0 Å². The van der Waals surface area contributed by atoms with Gasteiger partial charge in [-0.3, -0.25) is 0 Å². The molecule has 3 rings (SSSR count). The maximum absolute atomic E-state index is 11.5. The van der Waals surface area contributed by atoms with Crippen LogP contribution in [0.25, 0.3) is 0 Å². The van der Waals surface area contributed by atoms with Gasteiger partial charge in [0.15, 0.2) is 10.8 Å². The molecule has 0 bridgehead atoms. The Kier molecular flexibility index (Phi) is 3.79. The first kappa shape index (κ1) is 13.9. The van der Waals surface area contributed by atoms with E-state index in [0.29, 0.717) is 17.4 Å². The zero-order valence-electron chi connectivity index (χ0n) is 11.9. The van der Waals surface area contributed by atoms with Crippen molar-refractivity contribution in [3.8, 4) is 5.75 Å². The molecular weight excluding hydrogens is 288 g/mol. The van der Waals surface area contributed by atoms with Crippen LogP contribution in [0.2, 0.25) is 0 Å². The molecule has 0 fully saturated rings. The Labute approximate surface area is 126 Å². The number of benzene rings is 1. The van der Waals surface area contributed by atoms with Gasteiger partial charge in [-0.25, -0.2) is 9.78 Å². The number of ether oxygens (including phenoxy) is 2. The van der Waals surface area contributed by atoms with Crippen LogP contribution in [-0.4, -0.2) is 30.7 Å². The SMILES string of the molecule is COC(=O)c1nc(NCC2Cc3ccccc3O2)sc1C. The van der Waals surface area contributed by atoms with Crippen molar-refractivity contribution in [1.29, 1.82) is 0 Å². The fourth-order valence-corrected chi connectivity index (χ4v) is 3.14. The second-order valence-corrected chi connectivity index (χ2v) is 6.05. The number of thiazole rings is 1. The molecule has 2 aromatic rings. The Bertz CT molecular complexity index is 644. The molecule has 0 radical (unpaired) electrons. The number of anilines is 1. The van der Waals surface area contributed by atoms with E-state index in [1.54, 1.807) is 0 Å². The van der Waals surface area contributed by atoms with Gasteiger partial charge in [0, 0.05) is 11.3 Å². The molecule has 0 aliphatic carbocycles. The van der Waals surface area contributed by atoms with Crippen molar-refractivity contribution < 1.29 is 14.3 Å². The van der Waals surface area contributed by atoms with Crippen molar-refractivity contribution >= 4 is 22.4 Å². The van der Waals surface area contributed by atoms with Crippen molar-refractivity contribution in [2.45, 2.75) is 19.4 Å². The van der Waals surface area contributed by atoms with Crippen LogP contribution in [0.1, 0.15) is 20.9 Å². The van der Waals surface area contributed by atoms with Crippen LogP contribution >= 0.6 is 11.3 Å². The number of hydrogen-bond acceptors (Lipinski definition) is 6. The van der Waals surface area contributed by atoms with E-state index in [2.05, 4.69) is 16.4 Å². The van der Waals surface area contributed by atoms with Crippen LogP contribution in [0.5, 0.6) is 5.75 Å². The van der Waals surface area contributed by atoms with E-state index in [9.17, 15) is 4.79 Å². The molecule has 5 nitrogen and oxygen atoms in total. The number of methoxy groups -OCH3 is 1. The van der Waals surface area contributed by atoms with Crippen LogP contribution in [0.15, 0.2) is 24.3 Å². The number of nitrogens with one attached hydrogen (secondary N) is 1.